The first-order valence-electron chi connectivity index (χ1n) is 5.22. The smallest absolute Gasteiger partial charge is 0.115 e. The van der Waals surface area contributed by atoms with Gasteiger partial charge in [-0.05, 0) is 30.7 Å². The number of aromatic nitrogens is 5. The minimum Gasteiger partial charge on any atom is -0.238 e. The third kappa shape index (κ3) is 1.29. The van der Waals surface area contributed by atoms with Crippen molar-refractivity contribution in [2.45, 2.75) is 13.3 Å². The van der Waals surface area contributed by atoms with Crippen LogP contribution in [0.3, 0.4) is 0 Å². The van der Waals surface area contributed by atoms with Crippen LogP contribution in [0.1, 0.15) is 12.6 Å². The number of hydrogen-bond acceptors (Lipinski definition) is 3. The number of fused-ring (bicyclic) bond motifs is 1. The van der Waals surface area contributed by atoms with E-state index in [0.717, 1.165) is 23.1 Å². The maximum Gasteiger partial charge on any atom is 0.115 e. The molecule has 16 heavy (non-hydrogen) atoms. The van der Waals surface area contributed by atoms with Crippen LogP contribution in [0.5, 0.6) is 0 Å². The summed E-state index contributed by atoms with van der Waals surface area (Å²) in [5.74, 6) is 0. The third-order valence-corrected chi connectivity index (χ3v) is 2.63. The lowest BCUT2D eigenvalue weighted by Crippen LogP contribution is -2.00. The average Bonchev–Trinajstić information content (AvgIpc) is 2.96. The summed E-state index contributed by atoms with van der Waals surface area (Å²) in [6.07, 6.45) is 2.77. The average molecular weight is 213 g/mol. The van der Waals surface area contributed by atoms with Crippen LogP contribution in [0.15, 0.2) is 30.5 Å². The van der Waals surface area contributed by atoms with Crippen LogP contribution in [-0.2, 0) is 6.42 Å². The van der Waals surface area contributed by atoms with Gasteiger partial charge in [-0.25, -0.2) is 4.68 Å². The van der Waals surface area contributed by atoms with E-state index >= 15 is 0 Å². The summed E-state index contributed by atoms with van der Waals surface area (Å²) in [6, 6.07) is 7.93. The Hall–Kier alpha value is -2.17. The second-order valence-corrected chi connectivity index (χ2v) is 3.58. The van der Waals surface area contributed by atoms with E-state index in [-0.39, 0.29) is 0 Å². The van der Waals surface area contributed by atoms with E-state index in [9.17, 15) is 0 Å². The van der Waals surface area contributed by atoms with E-state index in [0.29, 0.717) is 0 Å². The summed E-state index contributed by atoms with van der Waals surface area (Å²) < 4.78 is 1.92. The van der Waals surface area contributed by atoms with Crippen molar-refractivity contribution in [1.29, 1.82) is 0 Å². The molecule has 2 aromatic heterocycles. The molecule has 0 bridgehead atoms. The van der Waals surface area contributed by atoms with Gasteiger partial charge in [0, 0.05) is 11.9 Å². The Morgan fingerprint density at radius 2 is 2.06 bits per heavy atom. The molecule has 0 unspecified atom stereocenters. The lowest BCUT2D eigenvalue weighted by molar-refractivity contribution is 0.815. The number of rotatable bonds is 2. The van der Waals surface area contributed by atoms with Gasteiger partial charge in [-0.3, -0.25) is 0 Å². The number of nitrogens with zero attached hydrogens (tertiary/aromatic N) is 4. The number of aromatic amines is 1. The largest absolute Gasteiger partial charge is 0.238 e. The van der Waals surface area contributed by atoms with E-state index < -0.39 is 0 Å². The van der Waals surface area contributed by atoms with Gasteiger partial charge in [0.2, 0.25) is 0 Å². The van der Waals surface area contributed by atoms with Crippen molar-refractivity contribution in [2.24, 2.45) is 0 Å². The van der Waals surface area contributed by atoms with Gasteiger partial charge in [0.05, 0.1) is 5.69 Å². The van der Waals surface area contributed by atoms with Gasteiger partial charge in [-0.1, -0.05) is 6.92 Å². The molecule has 0 aliphatic rings. The molecule has 1 N–H and O–H groups in total. The van der Waals surface area contributed by atoms with Crippen molar-refractivity contribution in [3.05, 3.63) is 36.2 Å². The molecular weight excluding hydrogens is 202 g/mol. The molecule has 0 fully saturated rings. The fourth-order valence-corrected chi connectivity index (χ4v) is 1.79. The van der Waals surface area contributed by atoms with Crippen LogP contribution in [0, 0.1) is 0 Å². The van der Waals surface area contributed by atoms with Gasteiger partial charge in [0.15, 0.2) is 0 Å². The third-order valence-electron chi connectivity index (χ3n) is 2.63. The van der Waals surface area contributed by atoms with Gasteiger partial charge < -0.3 is 0 Å². The lowest BCUT2D eigenvalue weighted by Gasteiger charge is -2.04. The fraction of sp³-hybridized carbons (Fsp3) is 0.182. The molecule has 0 saturated carbocycles. The van der Waals surface area contributed by atoms with Crippen LogP contribution >= 0.6 is 0 Å². The zero-order chi connectivity index (χ0) is 11.0. The molecule has 0 spiro atoms. The zero-order valence-electron chi connectivity index (χ0n) is 8.88. The molecule has 0 aliphatic carbocycles. The Balaban J connectivity index is 2.18. The predicted molar refractivity (Wildman–Crippen MR) is 60.4 cm³/mol. The first-order chi connectivity index (χ1) is 7.88. The number of H-pyrrole nitrogens is 1. The highest BCUT2D eigenvalue weighted by molar-refractivity contribution is 5.75. The van der Waals surface area contributed by atoms with Crippen molar-refractivity contribution < 1.29 is 0 Å². The normalized spacial score (nSPS) is 11.1. The summed E-state index contributed by atoms with van der Waals surface area (Å²) >= 11 is 0. The van der Waals surface area contributed by atoms with Crippen molar-refractivity contribution >= 4 is 11.0 Å². The zero-order valence-corrected chi connectivity index (χ0v) is 8.88. The summed E-state index contributed by atoms with van der Waals surface area (Å²) in [7, 11) is 0. The topological polar surface area (TPSA) is 59.4 Å². The Kier molecular flexibility index (Phi) is 1.96. The van der Waals surface area contributed by atoms with Crippen LogP contribution in [-0.4, -0.2) is 25.2 Å². The van der Waals surface area contributed by atoms with Crippen molar-refractivity contribution in [3.63, 3.8) is 0 Å². The Bertz CT molecular complexity index is 622. The first-order valence-corrected chi connectivity index (χ1v) is 5.22. The summed E-state index contributed by atoms with van der Waals surface area (Å²) in [4.78, 5) is 0. The van der Waals surface area contributed by atoms with Crippen molar-refractivity contribution in [1.82, 2.24) is 25.2 Å². The minimum atomic E-state index is 0.857. The molecule has 0 amide bonds. The molecule has 3 rings (SSSR count). The number of benzene rings is 1. The van der Waals surface area contributed by atoms with Crippen molar-refractivity contribution in [2.75, 3.05) is 0 Å². The highest BCUT2D eigenvalue weighted by atomic mass is 15.3. The number of nitrogens with one attached hydrogen (secondary N) is 1. The van der Waals surface area contributed by atoms with E-state index in [1.165, 1.54) is 5.69 Å². The monoisotopic (exact) mass is 213 g/mol. The standard InChI is InChI=1S/C11H11N5/c1-2-8-5-6-12-16(8)9-3-4-10-11(7-9)14-15-13-10/h3-7H,2H2,1H3,(H,13,14,15). The van der Waals surface area contributed by atoms with Crippen LogP contribution in [0.4, 0.5) is 0 Å². The molecule has 2 heterocycles. The van der Waals surface area contributed by atoms with E-state index in [4.69, 9.17) is 0 Å². The molecule has 0 radical (unpaired) electrons. The van der Waals surface area contributed by atoms with Gasteiger partial charge in [-0.15, -0.1) is 0 Å². The maximum absolute atomic E-state index is 4.31. The molecule has 0 saturated heterocycles. The summed E-state index contributed by atoms with van der Waals surface area (Å²) in [5, 5.41) is 15.0. The second kappa shape index (κ2) is 3.44. The maximum atomic E-state index is 4.31. The predicted octanol–water partition coefficient (Wildman–Crippen LogP) is 1.71. The van der Waals surface area contributed by atoms with Crippen LogP contribution in [0.2, 0.25) is 0 Å². The molecule has 0 atom stereocenters. The second-order valence-electron chi connectivity index (χ2n) is 3.58. The van der Waals surface area contributed by atoms with Crippen LogP contribution in [0.25, 0.3) is 16.7 Å². The molecule has 1 aromatic carbocycles. The molecule has 3 aromatic rings. The summed E-state index contributed by atoms with van der Waals surface area (Å²) in [6.45, 7) is 2.11. The lowest BCUT2D eigenvalue weighted by atomic mass is 10.2. The molecule has 5 heteroatoms. The highest BCUT2D eigenvalue weighted by Crippen LogP contribution is 2.15. The van der Waals surface area contributed by atoms with Gasteiger partial charge in [0.25, 0.3) is 0 Å². The first kappa shape index (κ1) is 9.08. The minimum absolute atomic E-state index is 0.857. The van der Waals surface area contributed by atoms with Gasteiger partial charge >= 0.3 is 0 Å². The van der Waals surface area contributed by atoms with E-state index in [1.54, 1.807) is 0 Å². The molecule has 80 valence electrons. The fourth-order valence-electron chi connectivity index (χ4n) is 1.79. The quantitative estimate of drug-likeness (QED) is 0.705. The van der Waals surface area contributed by atoms with E-state index in [2.05, 4.69) is 27.4 Å². The van der Waals surface area contributed by atoms with Gasteiger partial charge in [-0.2, -0.15) is 20.5 Å². The molecule has 5 nitrogen and oxygen atoms in total. The molecule has 0 aliphatic heterocycles. The Labute approximate surface area is 92.1 Å². The van der Waals surface area contributed by atoms with Crippen molar-refractivity contribution in [3.8, 4) is 5.69 Å². The highest BCUT2D eigenvalue weighted by Gasteiger charge is 2.05. The Morgan fingerprint density at radius 1 is 1.19 bits per heavy atom. The Morgan fingerprint density at radius 3 is 2.94 bits per heavy atom. The van der Waals surface area contributed by atoms with Gasteiger partial charge in [0.1, 0.15) is 11.0 Å². The number of hydrogen-bond donors (Lipinski definition) is 1. The number of aryl methyl sites for hydroxylation is 1. The SMILES string of the molecule is CCc1ccnn1-c1ccc2n[nH]nc2c1. The summed E-state index contributed by atoms with van der Waals surface area (Å²) in [5.41, 5.74) is 3.93. The van der Waals surface area contributed by atoms with E-state index in [1.807, 2.05) is 35.1 Å². The van der Waals surface area contributed by atoms with Crippen LogP contribution < -0.4 is 0 Å². The molecular formula is C11H11N5.